The Bertz CT molecular complexity index is 2450. The predicted octanol–water partition coefficient (Wildman–Crippen LogP) is 13.0. The van der Waals surface area contributed by atoms with Gasteiger partial charge in [0.2, 0.25) is 0 Å². The molecule has 5 aromatic carbocycles. The van der Waals surface area contributed by atoms with Gasteiger partial charge in [-0.05, 0) is 105 Å². The Morgan fingerprint density at radius 2 is 1.09 bits per heavy atom. The Morgan fingerprint density at radius 3 is 1.58 bits per heavy atom. The number of nitrogens with zero attached hydrogens (tertiary/aromatic N) is 2. The Morgan fingerprint density at radius 1 is 0.600 bits per heavy atom. The van der Waals surface area contributed by atoms with Crippen molar-refractivity contribution < 1.29 is 27.4 Å². The highest BCUT2D eigenvalue weighted by molar-refractivity contribution is 9.10. The standard InChI is InChI=1S/C25H19F2NO2.C11H10BrNO.C9H9BrO/c1-15-6-9-19(24-12-16(2)28-30-24)14-20(15)18-10-7-17(8-11-18)13-23(29)25-21(26)4-3-5-22(25)27;1-7-3-4-9(6-10(7)12)11-5-8(2)13-14-11;1-6-3-4-8(7(2)11)5-9(6)10/h3-12,14H,13H2,1-2H3;3-6H,1-2H3;3-5H,1-2H3. The average Bonchev–Trinajstić information content (AvgIpc) is 3.79. The van der Waals surface area contributed by atoms with Gasteiger partial charge in [0.1, 0.15) is 11.6 Å². The monoisotopic (exact) mass is 866 g/mol. The zero-order chi connectivity index (χ0) is 39.8. The van der Waals surface area contributed by atoms with E-state index in [-0.39, 0.29) is 12.2 Å². The minimum Gasteiger partial charge on any atom is -0.356 e. The van der Waals surface area contributed by atoms with Gasteiger partial charge in [0.05, 0.1) is 17.0 Å². The zero-order valence-electron chi connectivity index (χ0n) is 31.1. The summed E-state index contributed by atoms with van der Waals surface area (Å²) in [4.78, 5) is 23.3. The van der Waals surface area contributed by atoms with Crippen molar-refractivity contribution in [1.82, 2.24) is 10.3 Å². The molecule has 0 aliphatic carbocycles. The number of carbonyl (C=O) groups is 2. The number of ketones is 2. The van der Waals surface area contributed by atoms with Crippen LogP contribution in [0, 0.1) is 46.3 Å². The van der Waals surface area contributed by atoms with Gasteiger partial charge in [0.25, 0.3) is 0 Å². The number of carbonyl (C=O) groups excluding carboxylic acids is 2. The second kappa shape index (κ2) is 18.3. The summed E-state index contributed by atoms with van der Waals surface area (Å²) in [6.45, 7) is 11.4. The maximum Gasteiger partial charge on any atom is 0.173 e. The number of hydrogen-bond acceptors (Lipinski definition) is 6. The second-order valence-electron chi connectivity index (χ2n) is 13.1. The van der Waals surface area contributed by atoms with Gasteiger partial charge in [0, 0.05) is 44.2 Å². The third kappa shape index (κ3) is 10.7. The summed E-state index contributed by atoms with van der Waals surface area (Å²) in [5.41, 5.74) is 10.1. The summed E-state index contributed by atoms with van der Waals surface area (Å²) in [5.74, 6) is -0.660. The predicted molar refractivity (Wildman–Crippen MR) is 219 cm³/mol. The fraction of sp³-hybridized carbons (Fsp3) is 0.156. The van der Waals surface area contributed by atoms with Crippen LogP contribution in [-0.4, -0.2) is 21.9 Å². The Hall–Kier alpha value is -5.32. The van der Waals surface area contributed by atoms with Crippen molar-refractivity contribution in [2.45, 2.75) is 48.0 Å². The minimum atomic E-state index is -0.841. The number of halogens is 4. The molecule has 7 aromatic rings. The molecule has 55 heavy (non-hydrogen) atoms. The molecule has 0 aliphatic rings. The second-order valence-corrected chi connectivity index (χ2v) is 14.8. The van der Waals surface area contributed by atoms with Crippen LogP contribution >= 0.6 is 31.9 Å². The summed E-state index contributed by atoms with van der Waals surface area (Å²) >= 11 is 6.85. The molecule has 0 spiro atoms. The first-order valence-corrected chi connectivity index (χ1v) is 18.9. The van der Waals surface area contributed by atoms with Crippen LogP contribution in [-0.2, 0) is 6.42 Å². The van der Waals surface area contributed by atoms with Gasteiger partial charge in [-0.25, -0.2) is 8.78 Å². The number of hydrogen-bond donors (Lipinski definition) is 0. The number of rotatable bonds is 7. The molecule has 0 fully saturated rings. The van der Waals surface area contributed by atoms with Crippen molar-refractivity contribution in [3.8, 4) is 33.8 Å². The van der Waals surface area contributed by atoms with Crippen LogP contribution in [0.25, 0.3) is 33.8 Å². The highest BCUT2D eigenvalue weighted by atomic mass is 79.9. The van der Waals surface area contributed by atoms with E-state index in [9.17, 15) is 18.4 Å². The summed E-state index contributed by atoms with van der Waals surface area (Å²) in [5, 5.41) is 7.79. The molecule has 10 heteroatoms. The fourth-order valence-corrected chi connectivity index (χ4v) is 6.24. The smallest absolute Gasteiger partial charge is 0.173 e. The first-order valence-electron chi connectivity index (χ1n) is 17.3. The Labute approximate surface area is 335 Å². The maximum absolute atomic E-state index is 13.8. The first-order chi connectivity index (χ1) is 26.2. The zero-order valence-corrected chi connectivity index (χ0v) is 34.3. The SMILES string of the molecule is CC(=O)c1ccc(C)c(Br)c1.Cc1cc(-c2ccc(C)c(-c3ccc(CC(=O)c4c(F)cccc4F)cc3)c2)on1.Cc1cc(-c2ccc(C)c(Br)c2)on1. The van der Waals surface area contributed by atoms with Crippen molar-refractivity contribution in [3.05, 3.63) is 175 Å². The molecule has 7 rings (SSSR count). The van der Waals surface area contributed by atoms with E-state index in [0.717, 1.165) is 77.2 Å². The van der Waals surface area contributed by atoms with Crippen molar-refractivity contribution >= 4 is 43.4 Å². The summed E-state index contributed by atoms with van der Waals surface area (Å²) < 4.78 is 40.3. The highest BCUT2D eigenvalue weighted by Gasteiger charge is 2.17. The van der Waals surface area contributed by atoms with Gasteiger partial charge in [0.15, 0.2) is 23.1 Å². The number of aromatic nitrogens is 2. The third-order valence-electron chi connectivity index (χ3n) is 8.68. The quantitative estimate of drug-likeness (QED) is 0.148. The van der Waals surface area contributed by atoms with Crippen molar-refractivity contribution in [2.24, 2.45) is 0 Å². The Kier molecular flexibility index (Phi) is 13.6. The topological polar surface area (TPSA) is 86.2 Å². The van der Waals surface area contributed by atoms with Crippen LogP contribution in [0.15, 0.2) is 127 Å². The van der Waals surface area contributed by atoms with E-state index >= 15 is 0 Å². The van der Waals surface area contributed by atoms with Crippen LogP contribution in [0.1, 0.15) is 61.3 Å². The number of Topliss-reactive ketones (excluding diaryl/α,β-unsaturated/α-hetero) is 2. The number of aryl methyl sites for hydroxylation is 5. The van der Waals surface area contributed by atoms with Crippen LogP contribution in [0.4, 0.5) is 8.78 Å². The normalized spacial score (nSPS) is 10.6. The summed E-state index contributed by atoms with van der Waals surface area (Å²) in [6, 6.07) is 32.4. The fourth-order valence-electron chi connectivity index (χ4n) is 5.48. The first kappa shape index (κ1) is 40.9. The molecule has 2 heterocycles. The van der Waals surface area contributed by atoms with Gasteiger partial charge in [-0.15, -0.1) is 0 Å². The van der Waals surface area contributed by atoms with E-state index in [1.807, 2.05) is 100 Å². The molecule has 2 aromatic heterocycles. The van der Waals surface area contributed by atoms with Crippen LogP contribution in [0.3, 0.4) is 0 Å². The van der Waals surface area contributed by atoms with Crippen LogP contribution < -0.4 is 0 Å². The molecule has 0 saturated heterocycles. The summed E-state index contributed by atoms with van der Waals surface area (Å²) in [6.07, 6.45) is -0.0749. The molecular weight excluding hydrogens is 830 g/mol. The molecule has 0 bridgehead atoms. The van der Waals surface area contributed by atoms with Gasteiger partial charge >= 0.3 is 0 Å². The van der Waals surface area contributed by atoms with E-state index in [4.69, 9.17) is 9.05 Å². The van der Waals surface area contributed by atoms with Gasteiger partial charge in [-0.3, -0.25) is 9.59 Å². The molecule has 6 nitrogen and oxygen atoms in total. The molecule has 280 valence electrons. The Balaban J connectivity index is 0.000000190. The lowest BCUT2D eigenvalue weighted by Crippen LogP contribution is -2.09. The molecule has 0 aliphatic heterocycles. The average molecular weight is 869 g/mol. The molecule has 0 atom stereocenters. The van der Waals surface area contributed by atoms with Crippen molar-refractivity contribution in [2.75, 3.05) is 0 Å². The lowest BCUT2D eigenvalue weighted by Gasteiger charge is -2.09. The summed E-state index contributed by atoms with van der Waals surface area (Å²) in [7, 11) is 0. The van der Waals surface area contributed by atoms with Crippen molar-refractivity contribution in [3.63, 3.8) is 0 Å². The lowest BCUT2D eigenvalue weighted by molar-refractivity contribution is 0.0982. The van der Waals surface area contributed by atoms with E-state index in [1.54, 1.807) is 19.1 Å². The third-order valence-corrected chi connectivity index (χ3v) is 10.4. The minimum absolute atomic E-state index is 0.0749. The largest absolute Gasteiger partial charge is 0.356 e. The van der Waals surface area contributed by atoms with E-state index in [0.29, 0.717) is 11.3 Å². The molecule has 0 saturated carbocycles. The highest BCUT2D eigenvalue weighted by Crippen LogP contribution is 2.31. The number of benzene rings is 5. The molecule has 0 radical (unpaired) electrons. The van der Waals surface area contributed by atoms with Gasteiger partial charge in [-0.2, -0.15) is 0 Å². The lowest BCUT2D eigenvalue weighted by atomic mass is 9.95. The molecule has 0 N–H and O–H groups in total. The molecule has 0 amide bonds. The molecule has 0 unspecified atom stereocenters. The van der Waals surface area contributed by atoms with E-state index in [2.05, 4.69) is 55.2 Å². The van der Waals surface area contributed by atoms with Gasteiger partial charge in [-0.1, -0.05) is 109 Å². The van der Waals surface area contributed by atoms with Crippen LogP contribution in [0.2, 0.25) is 0 Å². The van der Waals surface area contributed by atoms with Gasteiger partial charge < -0.3 is 9.05 Å². The van der Waals surface area contributed by atoms with E-state index < -0.39 is 23.0 Å². The maximum atomic E-state index is 13.8. The van der Waals surface area contributed by atoms with E-state index in [1.165, 1.54) is 11.6 Å². The molecular formula is C45H38Br2F2N2O4. The van der Waals surface area contributed by atoms with Crippen LogP contribution in [0.5, 0.6) is 0 Å². The van der Waals surface area contributed by atoms with Crippen molar-refractivity contribution in [1.29, 1.82) is 0 Å².